The SMILES string of the molecule is O=C(N[C@@H]1CC[C@@]2(c3ccccc3)C[C@@H]12)OCc1ccccc1. The first-order valence-corrected chi connectivity index (χ1v) is 8.31. The zero-order valence-electron chi connectivity index (χ0n) is 13.1. The Morgan fingerprint density at radius 1 is 1.09 bits per heavy atom. The van der Waals surface area contributed by atoms with Crippen molar-refractivity contribution in [2.24, 2.45) is 5.92 Å². The second-order valence-electron chi connectivity index (χ2n) is 6.68. The van der Waals surface area contributed by atoms with Crippen LogP contribution < -0.4 is 5.32 Å². The number of alkyl carbamates (subject to hydrolysis) is 1. The summed E-state index contributed by atoms with van der Waals surface area (Å²) in [5.74, 6) is 0.564. The maximum Gasteiger partial charge on any atom is 0.407 e. The van der Waals surface area contributed by atoms with Gasteiger partial charge in [-0.3, -0.25) is 0 Å². The van der Waals surface area contributed by atoms with Gasteiger partial charge in [-0.2, -0.15) is 0 Å². The molecule has 0 saturated heterocycles. The summed E-state index contributed by atoms with van der Waals surface area (Å²) in [7, 11) is 0. The number of carbonyl (C=O) groups excluding carboxylic acids is 1. The zero-order valence-corrected chi connectivity index (χ0v) is 13.1. The molecule has 2 aliphatic carbocycles. The summed E-state index contributed by atoms with van der Waals surface area (Å²) in [4.78, 5) is 12.0. The molecule has 0 aliphatic heterocycles. The summed E-state index contributed by atoms with van der Waals surface area (Å²) in [6.45, 7) is 0.327. The highest BCUT2D eigenvalue weighted by Crippen LogP contribution is 2.64. The molecule has 0 radical (unpaired) electrons. The largest absolute Gasteiger partial charge is 0.445 e. The lowest BCUT2D eigenvalue weighted by atomic mass is 9.93. The highest BCUT2D eigenvalue weighted by molar-refractivity contribution is 5.68. The van der Waals surface area contributed by atoms with Crippen molar-refractivity contribution in [1.29, 1.82) is 0 Å². The minimum atomic E-state index is -0.297. The topological polar surface area (TPSA) is 38.3 Å². The van der Waals surface area contributed by atoms with Crippen molar-refractivity contribution in [2.75, 3.05) is 0 Å². The van der Waals surface area contributed by atoms with Crippen molar-refractivity contribution in [2.45, 2.75) is 37.3 Å². The number of hydrogen-bond acceptors (Lipinski definition) is 2. The summed E-state index contributed by atoms with van der Waals surface area (Å²) < 4.78 is 5.35. The number of rotatable bonds is 4. The Balaban J connectivity index is 1.32. The van der Waals surface area contributed by atoms with E-state index in [1.807, 2.05) is 30.3 Å². The van der Waals surface area contributed by atoms with Gasteiger partial charge in [0.2, 0.25) is 0 Å². The number of ether oxygens (including phenoxy) is 1. The van der Waals surface area contributed by atoms with Gasteiger partial charge < -0.3 is 10.1 Å². The average Bonchev–Trinajstić information content (AvgIpc) is 3.25. The van der Waals surface area contributed by atoms with E-state index in [4.69, 9.17) is 4.74 Å². The molecule has 23 heavy (non-hydrogen) atoms. The van der Waals surface area contributed by atoms with Crippen molar-refractivity contribution in [3.05, 3.63) is 71.8 Å². The summed E-state index contributed by atoms with van der Waals surface area (Å²) in [5.41, 5.74) is 2.74. The Morgan fingerprint density at radius 3 is 2.48 bits per heavy atom. The average molecular weight is 307 g/mol. The molecule has 1 amide bonds. The summed E-state index contributed by atoms with van der Waals surface area (Å²) >= 11 is 0. The van der Waals surface area contributed by atoms with E-state index in [-0.39, 0.29) is 12.1 Å². The smallest absolute Gasteiger partial charge is 0.407 e. The van der Waals surface area contributed by atoms with Crippen LogP contribution in [0.3, 0.4) is 0 Å². The molecule has 118 valence electrons. The Labute approximate surface area is 136 Å². The molecule has 0 aromatic heterocycles. The first-order valence-electron chi connectivity index (χ1n) is 8.31. The minimum absolute atomic E-state index is 0.249. The van der Waals surface area contributed by atoms with Crippen LogP contribution in [0.5, 0.6) is 0 Å². The second kappa shape index (κ2) is 5.73. The molecule has 3 atom stereocenters. The molecular formula is C20H21NO2. The van der Waals surface area contributed by atoms with E-state index in [0.29, 0.717) is 17.9 Å². The Morgan fingerprint density at radius 2 is 1.78 bits per heavy atom. The van der Waals surface area contributed by atoms with E-state index < -0.39 is 0 Å². The predicted octanol–water partition coefficient (Wildman–Crippen LogP) is 4.03. The van der Waals surface area contributed by atoms with Gasteiger partial charge in [0.1, 0.15) is 6.61 Å². The van der Waals surface area contributed by atoms with Crippen LogP contribution in [-0.4, -0.2) is 12.1 Å². The fourth-order valence-corrected chi connectivity index (χ4v) is 4.10. The molecule has 2 aliphatic rings. The first-order chi connectivity index (χ1) is 11.3. The molecule has 4 rings (SSSR count). The van der Waals surface area contributed by atoms with Crippen LogP contribution >= 0.6 is 0 Å². The highest BCUT2D eigenvalue weighted by atomic mass is 16.5. The molecule has 0 spiro atoms. The Kier molecular flexibility index (Phi) is 3.56. The molecule has 3 nitrogen and oxygen atoms in total. The van der Waals surface area contributed by atoms with E-state index in [2.05, 4.69) is 35.6 Å². The monoisotopic (exact) mass is 307 g/mol. The minimum Gasteiger partial charge on any atom is -0.445 e. The van der Waals surface area contributed by atoms with Gasteiger partial charge in [-0.05, 0) is 36.3 Å². The summed E-state index contributed by atoms with van der Waals surface area (Å²) in [6.07, 6.45) is 3.08. The normalized spacial score (nSPS) is 28.0. The summed E-state index contributed by atoms with van der Waals surface area (Å²) in [6, 6.07) is 20.7. The zero-order chi connectivity index (χ0) is 15.7. The lowest BCUT2D eigenvalue weighted by Crippen LogP contribution is -2.35. The van der Waals surface area contributed by atoms with Crippen LogP contribution in [0.1, 0.15) is 30.4 Å². The van der Waals surface area contributed by atoms with Crippen LogP contribution in [0.25, 0.3) is 0 Å². The molecule has 3 heteroatoms. The van der Waals surface area contributed by atoms with Crippen molar-refractivity contribution < 1.29 is 9.53 Å². The third-order valence-electron chi connectivity index (χ3n) is 5.39. The van der Waals surface area contributed by atoms with Gasteiger partial charge in [0.25, 0.3) is 0 Å². The number of hydrogen-bond donors (Lipinski definition) is 1. The number of amides is 1. The second-order valence-corrected chi connectivity index (χ2v) is 6.68. The van der Waals surface area contributed by atoms with Gasteiger partial charge in [0, 0.05) is 11.5 Å². The molecule has 1 N–H and O–H groups in total. The van der Waals surface area contributed by atoms with Gasteiger partial charge in [-0.1, -0.05) is 60.7 Å². The predicted molar refractivity (Wildman–Crippen MR) is 89.0 cm³/mol. The number of benzene rings is 2. The molecule has 0 unspecified atom stereocenters. The van der Waals surface area contributed by atoms with Crippen LogP contribution in [-0.2, 0) is 16.8 Å². The quantitative estimate of drug-likeness (QED) is 0.926. The van der Waals surface area contributed by atoms with Gasteiger partial charge >= 0.3 is 6.09 Å². The van der Waals surface area contributed by atoms with Crippen molar-refractivity contribution >= 4 is 6.09 Å². The maximum atomic E-state index is 12.0. The van der Waals surface area contributed by atoms with Gasteiger partial charge in [-0.25, -0.2) is 4.79 Å². The number of nitrogens with one attached hydrogen (secondary N) is 1. The van der Waals surface area contributed by atoms with Gasteiger partial charge in [0.15, 0.2) is 0 Å². The van der Waals surface area contributed by atoms with E-state index in [0.717, 1.165) is 18.4 Å². The Bertz CT molecular complexity index is 685. The molecule has 2 aromatic carbocycles. The maximum absolute atomic E-state index is 12.0. The first kappa shape index (κ1) is 14.3. The lowest BCUT2D eigenvalue weighted by molar-refractivity contribution is 0.134. The van der Waals surface area contributed by atoms with E-state index in [1.165, 1.54) is 12.0 Å². The van der Waals surface area contributed by atoms with Crippen LogP contribution in [0, 0.1) is 5.92 Å². The van der Waals surface area contributed by atoms with Gasteiger partial charge in [-0.15, -0.1) is 0 Å². The van der Waals surface area contributed by atoms with E-state index in [9.17, 15) is 4.79 Å². The molecule has 0 heterocycles. The highest BCUT2D eigenvalue weighted by Gasteiger charge is 2.62. The van der Waals surface area contributed by atoms with Crippen LogP contribution in [0.4, 0.5) is 4.79 Å². The molecule has 2 saturated carbocycles. The third kappa shape index (κ3) is 2.72. The molecule has 0 bridgehead atoms. The van der Waals surface area contributed by atoms with Crippen molar-refractivity contribution in [3.8, 4) is 0 Å². The van der Waals surface area contributed by atoms with Crippen molar-refractivity contribution in [3.63, 3.8) is 0 Å². The van der Waals surface area contributed by atoms with E-state index in [1.54, 1.807) is 0 Å². The van der Waals surface area contributed by atoms with Gasteiger partial charge in [0.05, 0.1) is 0 Å². The number of fused-ring (bicyclic) bond motifs is 1. The number of carbonyl (C=O) groups is 1. The fraction of sp³-hybridized carbons (Fsp3) is 0.350. The molecular weight excluding hydrogens is 286 g/mol. The van der Waals surface area contributed by atoms with Crippen LogP contribution in [0.2, 0.25) is 0 Å². The Hall–Kier alpha value is -2.29. The third-order valence-corrected chi connectivity index (χ3v) is 5.39. The lowest BCUT2D eigenvalue weighted by Gasteiger charge is -2.14. The van der Waals surface area contributed by atoms with E-state index >= 15 is 0 Å². The van der Waals surface area contributed by atoms with Crippen molar-refractivity contribution in [1.82, 2.24) is 5.32 Å². The molecule has 2 aromatic rings. The molecule has 2 fully saturated rings. The standard InChI is InChI=1S/C20H21NO2/c22-19(23-14-15-7-3-1-4-8-15)21-18-11-12-20(13-17(18)20)16-9-5-2-6-10-16/h1-10,17-18H,11-14H2,(H,21,22)/t17-,18+,20-/m0/s1. The summed E-state index contributed by atoms with van der Waals surface area (Å²) in [5, 5.41) is 3.07. The fourth-order valence-electron chi connectivity index (χ4n) is 4.10. The van der Waals surface area contributed by atoms with Crippen LogP contribution in [0.15, 0.2) is 60.7 Å².